The number of methoxy groups -OCH3 is 1. The van der Waals surface area contributed by atoms with Crippen molar-refractivity contribution in [1.29, 1.82) is 0 Å². The molecule has 3 aromatic rings. The maximum Gasteiger partial charge on any atom is 0.273 e. The van der Waals surface area contributed by atoms with Gasteiger partial charge in [0.15, 0.2) is 10.3 Å². The Bertz CT molecular complexity index is 969. The summed E-state index contributed by atoms with van der Waals surface area (Å²) in [4.78, 5) is 30.5. The third-order valence-corrected chi connectivity index (χ3v) is 4.94. The fourth-order valence-corrected chi connectivity index (χ4v) is 3.30. The Morgan fingerprint density at radius 2 is 2.08 bits per heavy atom. The molecule has 134 valence electrons. The third-order valence-electron chi connectivity index (χ3n) is 3.32. The number of nitrogens with zero attached hydrogens (tertiary/aromatic N) is 3. The van der Waals surface area contributed by atoms with Gasteiger partial charge < -0.3 is 10.1 Å². The van der Waals surface area contributed by atoms with Gasteiger partial charge in [0, 0.05) is 10.9 Å². The molecule has 8 nitrogen and oxygen atoms in total. The summed E-state index contributed by atoms with van der Waals surface area (Å²) in [6.45, 7) is 1.57. The second kappa shape index (κ2) is 8.11. The molecule has 26 heavy (non-hydrogen) atoms. The van der Waals surface area contributed by atoms with Gasteiger partial charge in [-0.25, -0.2) is 4.98 Å². The number of nitrogens with one attached hydrogen (secondary N) is 2. The Morgan fingerprint density at radius 1 is 1.31 bits per heavy atom. The van der Waals surface area contributed by atoms with E-state index in [4.69, 9.17) is 4.74 Å². The van der Waals surface area contributed by atoms with E-state index in [9.17, 15) is 9.59 Å². The molecule has 1 aromatic carbocycles. The molecule has 2 N–H and O–H groups in total. The zero-order valence-electron chi connectivity index (χ0n) is 14.0. The van der Waals surface area contributed by atoms with Gasteiger partial charge >= 0.3 is 0 Å². The van der Waals surface area contributed by atoms with Crippen molar-refractivity contribution >= 4 is 34.1 Å². The van der Waals surface area contributed by atoms with E-state index in [2.05, 4.69) is 25.5 Å². The smallest absolute Gasteiger partial charge is 0.273 e. The van der Waals surface area contributed by atoms with E-state index in [0.29, 0.717) is 10.3 Å². The number of thioether (sulfide) groups is 1. The second-order valence-corrected chi connectivity index (χ2v) is 6.97. The molecular weight excluding hydrogens is 374 g/mol. The summed E-state index contributed by atoms with van der Waals surface area (Å²) < 4.78 is 5.13. The molecule has 0 unspecified atom stereocenters. The van der Waals surface area contributed by atoms with Crippen molar-refractivity contribution in [3.8, 4) is 17.0 Å². The van der Waals surface area contributed by atoms with Crippen LogP contribution in [0.4, 0.5) is 5.13 Å². The Kier molecular flexibility index (Phi) is 5.64. The van der Waals surface area contributed by atoms with Gasteiger partial charge in [-0.3, -0.25) is 14.6 Å². The van der Waals surface area contributed by atoms with E-state index in [-0.39, 0.29) is 22.9 Å². The first-order chi connectivity index (χ1) is 12.5. The fourth-order valence-electron chi connectivity index (χ4n) is 1.96. The molecule has 0 spiro atoms. The highest BCUT2D eigenvalue weighted by Crippen LogP contribution is 2.26. The Hall–Kier alpha value is -2.72. The highest BCUT2D eigenvalue weighted by atomic mass is 32.2. The Balaban J connectivity index is 1.58. The van der Waals surface area contributed by atoms with Gasteiger partial charge in [0.1, 0.15) is 11.4 Å². The van der Waals surface area contributed by atoms with Gasteiger partial charge in [0.05, 0.1) is 18.6 Å². The average molecular weight is 389 g/mol. The SMILES string of the molecule is COc1ccc(-c2csc(NC(=O)CSc3nnc(C)c(=O)[nH]3)n2)cc1. The van der Waals surface area contributed by atoms with Gasteiger partial charge in [-0.15, -0.1) is 21.5 Å². The molecule has 0 saturated heterocycles. The highest BCUT2D eigenvalue weighted by molar-refractivity contribution is 7.99. The van der Waals surface area contributed by atoms with Crippen molar-refractivity contribution in [2.24, 2.45) is 0 Å². The number of H-pyrrole nitrogens is 1. The van der Waals surface area contributed by atoms with Gasteiger partial charge in [0.25, 0.3) is 5.56 Å². The third kappa shape index (κ3) is 4.46. The van der Waals surface area contributed by atoms with Crippen LogP contribution in [0.25, 0.3) is 11.3 Å². The molecule has 3 rings (SSSR count). The molecule has 0 aliphatic rings. The van der Waals surface area contributed by atoms with E-state index < -0.39 is 0 Å². The zero-order valence-corrected chi connectivity index (χ0v) is 15.6. The average Bonchev–Trinajstić information content (AvgIpc) is 3.11. The van der Waals surface area contributed by atoms with Crippen LogP contribution in [-0.2, 0) is 4.79 Å². The summed E-state index contributed by atoms with van der Waals surface area (Å²) in [5, 5.41) is 13.0. The molecule has 0 saturated carbocycles. The second-order valence-electron chi connectivity index (χ2n) is 5.15. The van der Waals surface area contributed by atoms with Crippen molar-refractivity contribution < 1.29 is 9.53 Å². The molecule has 0 radical (unpaired) electrons. The largest absolute Gasteiger partial charge is 0.497 e. The molecule has 0 atom stereocenters. The first kappa shape index (κ1) is 18.1. The van der Waals surface area contributed by atoms with Crippen molar-refractivity contribution in [2.45, 2.75) is 12.1 Å². The molecule has 0 bridgehead atoms. The van der Waals surface area contributed by atoms with Crippen LogP contribution in [0.2, 0.25) is 0 Å². The van der Waals surface area contributed by atoms with E-state index in [1.807, 2.05) is 29.6 Å². The minimum absolute atomic E-state index is 0.0884. The van der Waals surface area contributed by atoms with Crippen molar-refractivity contribution in [3.05, 3.63) is 45.7 Å². The summed E-state index contributed by atoms with van der Waals surface area (Å²) in [6, 6.07) is 7.52. The molecule has 0 aliphatic carbocycles. The number of aromatic amines is 1. The summed E-state index contributed by atoms with van der Waals surface area (Å²) in [6.07, 6.45) is 0. The lowest BCUT2D eigenvalue weighted by Crippen LogP contribution is -2.17. The topological polar surface area (TPSA) is 110 Å². The number of aromatic nitrogens is 4. The van der Waals surface area contributed by atoms with Crippen LogP contribution >= 0.6 is 23.1 Å². The molecular formula is C16H15N5O3S2. The van der Waals surface area contributed by atoms with E-state index in [1.165, 1.54) is 11.3 Å². The standard InChI is InChI=1S/C16H15N5O3S2/c1-9-14(23)19-16(21-20-9)26-8-13(22)18-15-17-12(7-25-15)10-3-5-11(24-2)6-4-10/h3-7H,8H2,1-2H3,(H,17,18,22)(H,19,21,23). The summed E-state index contributed by atoms with van der Waals surface area (Å²) in [7, 11) is 1.61. The van der Waals surface area contributed by atoms with Crippen LogP contribution in [0, 0.1) is 6.92 Å². The predicted octanol–water partition coefficient (Wildman–Crippen LogP) is 2.34. The minimum Gasteiger partial charge on any atom is -0.497 e. The number of rotatable bonds is 6. The number of carbonyl (C=O) groups excluding carboxylic acids is 1. The molecule has 2 heterocycles. The monoisotopic (exact) mass is 389 g/mol. The molecule has 0 aliphatic heterocycles. The lowest BCUT2D eigenvalue weighted by atomic mass is 10.2. The molecule has 10 heteroatoms. The van der Waals surface area contributed by atoms with E-state index in [1.54, 1.807) is 14.0 Å². The van der Waals surface area contributed by atoms with Gasteiger partial charge in [-0.05, 0) is 31.2 Å². The number of hydrogen-bond donors (Lipinski definition) is 2. The number of thiazole rings is 1. The van der Waals surface area contributed by atoms with Crippen molar-refractivity contribution in [2.75, 3.05) is 18.2 Å². The number of anilines is 1. The normalized spacial score (nSPS) is 10.5. The lowest BCUT2D eigenvalue weighted by molar-refractivity contribution is -0.113. The number of hydrogen-bond acceptors (Lipinski definition) is 8. The Labute approximate surface area is 157 Å². The minimum atomic E-state index is -0.313. The van der Waals surface area contributed by atoms with Crippen LogP contribution in [0.5, 0.6) is 5.75 Å². The van der Waals surface area contributed by atoms with E-state index >= 15 is 0 Å². The van der Waals surface area contributed by atoms with Gasteiger partial charge in [-0.1, -0.05) is 11.8 Å². The van der Waals surface area contributed by atoms with Crippen LogP contribution in [-0.4, -0.2) is 38.9 Å². The van der Waals surface area contributed by atoms with Crippen LogP contribution < -0.4 is 15.6 Å². The van der Waals surface area contributed by atoms with Crippen molar-refractivity contribution in [3.63, 3.8) is 0 Å². The first-order valence-electron chi connectivity index (χ1n) is 7.51. The number of carbonyl (C=O) groups is 1. The molecule has 0 fully saturated rings. The quantitative estimate of drug-likeness (QED) is 0.623. The zero-order chi connectivity index (χ0) is 18.5. The van der Waals surface area contributed by atoms with Crippen LogP contribution in [0.1, 0.15) is 5.69 Å². The number of aryl methyl sites for hydroxylation is 1. The number of amides is 1. The fraction of sp³-hybridized carbons (Fsp3) is 0.188. The summed E-state index contributed by atoms with van der Waals surface area (Å²) >= 11 is 2.44. The first-order valence-corrected chi connectivity index (χ1v) is 9.38. The number of benzene rings is 1. The highest BCUT2D eigenvalue weighted by Gasteiger charge is 2.10. The maximum absolute atomic E-state index is 12.0. The van der Waals surface area contributed by atoms with Crippen LogP contribution in [0.15, 0.2) is 39.6 Å². The maximum atomic E-state index is 12.0. The molecule has 2 aromatic heterocycles. The van der Waals surface area contributed by atoms with Crippen LogP contribution in [0.3, 0.4) is 0 Å². The Morgan fingerprint density at radius 3 is 2.77 bits per heavy atom. The van der Waals surface area contributed by atoms with Gasteiger partial charge in [-0.2, -0.15) is 0 Å². The lowest BCUT2D eigenvalue weighted by Gasteiger charge is -2.02. The predicted molar refractivity (Wildman–Crippen MR) is 101 cm³/mol. The number of ether oxygens (including phenoxy) is 1. The summed E-state index contributed by atoms with van der Waals surface area (Å²) in [5.41, 5.74) is 1.68. The van der Waals surface area contributed by atoms with E-state index in [0.717, 1.165) is 28.8 Å². The summed E-state index contributed by atoms with van der Waals surface area (Å²) in [5.74, 6) is 0.617. The van der Waals surface area contributed by atoms with Gasteiger partial charge in [0.2, 0.25) is 5.91 Å². The van der Waals surface area contributed by atoms with Crippen molar-refractivity contribution in [1.82, 2.24) is 20.2 Å². The molecule has 1 amide bonds.